The molecule has 0 aliphatic carbocycles. The summed E-state index contributed by atoms with van der Waals surface area (Å²) in [5.41, 5.74) is 16.1. The van der Waals surface area contributed by atoms with Crippen molar-refractivity contribution in [1.29, 1.82) is 0 Å². The van der Waals surface area contributed by atoms with Crippen molar-refractivity contribution in [3.05, 3.63) is 48.1 Å². The van der Waals surface area contributed by atoms with Gasteiger partial charge in [0.15, 0.2) is 0 Å². The van der Waals surface area contributed by atoms with Crippen LogP contribution in [0.3, 0.4) is 0 Å². The van der Waals surface area contributed by atoms with E-state index in [1.165, 1.54) is 7.05 Å². The highest BCUT2D eigenvalue weighted by molar-refractivity contribution is 14.1. The Balaban J connectivity index is 2.02. The fourth-order valence-electron chi connectivity index (χ4n) is 1.62. The third-order valence-corrected chi connectivity index (χ3v) is 3.13. The van der Waals surface area contributed by atoms with E-state index in [-0.39, 0.29) is 6.61 Å². The van der Waals surface area contributed by atoms with Gasteiger partial charge in [0.2, 0.25) is 5.88 Å². The highest BCUT2D eigenvalue weighted by Crippen LogP contribution is 2.16. The first-order valence-electron chi connectivity index (χ1n) is 6.21. The lowest BCUT2D eigenvalue weighted by atomic mass is 10.1. The van der Waals surface area contributed by atoms with Crippen LogP contribution in [0.25, 0.3) is 0 Å². The molecule has 1 aromatic rings. The van der Waals surface area contributed by atoms with E-state index in [1.807, 2.05) is 22.9 Å². The van der Waals surface area contributed by atoms with Gasteiger partial charge < -0.3 is 21.0 Å². The normalized spacial score (nSPS) is 14.3. The van der Waals surface area contributed by atoms with Gasteiger partial charge in [0.05, 0.1) is 34.3 Å². The molecule has 120 valence electrons. The number of hydrogen-bond acceptors (Lipinski definition) is 9. The minimum absolute atomic E-state index is 0.277. The molecular formula is C11H17IN8O2. The maximum absolute atomic E-state index is 9.01. The molecule has 2 heterocycles. The summed E-state index contributed by atoms with van der Waals surface area (Å²) in [7, 11) is 1.43. The third-order valence-electron chi connectivity index (χ3n) is 2.59. The van der Waals surface area contributed by atoms with Gasteiger partial charge >= 0.3 is 0 Å². The van der Waals surface area contributed by atoms with E-state index >= 15 is 0 Å². The Kier molecular flexibility index (Phi) is 6.02. The summed E-state index contributed by atoms with van der Waals surface area (Å²) in [4.78, 5) is 0. The monoisotopic (exact) mass is 420 g/mol. The van der Waals surface area contributed by atoms with Crippen LogP contribution in [0.5, 0.6) is 5.88 Å². The second-order valence-corrected chi connectivity index (χ2v) is 5.13. The van der Waals surface area contributed by atoms with Crippen molar-refractivity contribution in [2.24, 2.45) is 0 Å². The number of rotatable bonds is 8. The molecule has 1 aliphatic heterocycles. The van der Waals surface area contributed by atoms with Gasteiger partial charge in [-0.15, -0.1) is 15.8 Å². The van der Waals surface area contributed by atoms with Crippen molar-refractivity contribution < 1.29 is 9.94 Å². The molecule has 0 bridgehead atoms. The molecule has 1 aliphatic rings. The second kappa shape index (κ2) is 8.00. The average Bonchev–Trinajstić information content (AvgIpc) is 2.90. The number of allylic oxidation sites excluding steroid dienone is 1. The molecule has 0 fully saturated rings. The van der Waals surface area contributed by atoms with Crippen molar-refractivity contribution in [2.45, 2.75) is 0 Å². The first-order valence-corrected chi connectivity index (χ1v) is 7.18. The highest BCUT2D eigenvalue weighted by Gasteiger charge is 2.15. The standard InChI is InChI=1S/C11H17IN8O2/c1-3-9-8(7-22-11-4-5-20(12)16-11)10(6-13-14-9)15-17-18-19(2)21/h3-6,13-15,17-18,21H,1,7H2,2H3. The average molecular weight is 420 g/mol. The molecule has 0 radical (unpaired) electrons. The molecule has 22 heavy (non-hydrogen) atoms. The van der Waals surface area contributed by atoms with Crippen molar-refractivity contribution in [3.63, 3.8) is 0 Å². The van der Waals surface area contributed by atoms with Gasteiger partial charge in [0.25, 0.3) is 0 Å². The van der Waals surface area contributed by atoms with E-state index in [0.717, 1.165) is 16.4 Å². The minimum atomic E-state index is 0.277. The van der Waals surface area contributed by atoms with Gasteiger partial charge in [-0.3, -0.25) is 5.21 Å². The summed E-state index contributed by atoms with van der Waals surface area (Å²) in [6.45, 7) is 4.04. The van der Waals surface area contributed by atoms with Crippen LogP contribution < -0.4 is 32.1 Å². The van der Waals surface area contributed by atoms with Crippen LogP contribution >= 0.6 is 22.9 Å². The van der Waals surface area contributed by atoms with E-state index < -0.39 is 0 Å². The summed E-state index contributed by atoms with van der Waals surface area (Å²) >= 11 is 2.04. The number of nitrogens with zero attached hydrogens (tertiary/aromatic N) is 3. The molecule has 0 spiro atoms. The van der Waals surface area contributed by atoms with Gasteiger partial charge in [0, 0.05) is 31.1 Å². The smallest absolute Gasteiger partial charge is 0.233 e. The summed E-state index contributed by atoms with van der Waals surface area (Å²) in [5, 5.41) is 13.9. The number of hydrogen-bond donors (Lipinski definition) is 6. The van der Waals surface area contributed by atoms with Crippen LogP contribution in [0, 0.1) is 0 Å². The lowest BCUT2D eigenvalue weighted by Gasteiger charge is -2.24. The Labute approximate surface area is 141 Å². The predicted octanol–water partition coefficient (Wildman–Crippen LogP) is -0.316. The minimum Gasteiger partial charge on any atom is -0.472 e. The van der Waals surface area contributed by atoms with Crippen LogP contribution in [0.1, 0.15) is 0 Å². The van der Waals surface area contributed by atoms with E-state index in [0.29, 0.717) is 11.6 Å². The zero-order valence-electron chi connectivity index (χ0n) is 11.8. The Hall–Kier alpha value is -1.80. The van der Waals surface area contributed by atoms with Gasteiger partial charge in [-0.25, -0.2) is 2.90 Å². The first kappa shape index (κ1) is 16.6. The first-order chi connectivity index (χ1) is 10.6. The number of aromatic nitrogens is 2. The van der Waals surface area contributed by atoms with Crippen molar-refractivity contribution >= 4 is 22.9 Å². The fraction of sp³-hybridized carbons (Fsp3) is 0.182. The maximum Gasteiger partial charge on any atom is 0.233 e. The summed E-state index contributed by atoms with van der Waals surface area (Å²) in [6.07, 6.45) is 5.16. The quantitative estimate of drug-likeness (QED) is 0.249. The summed E-state index contributed by atoms with van der Waals surface area (Å²) < 4.78 is 7.29. The summed E-state index contributed by atoms with van der Waals surface area (Å²) in [6, 6.07) is 1.77. The molecule has 0 atom stereocenters. The van der Waals surface area contributed by atoms with Crippen molar-refractivity contribution in [2.75, 3.05) is 13.7 Å². The summed E-state index contributed by atoms with van der Waals surface area (Å²) in [5.74, 6) is 0.518. The molecule has 2 rings (SSSR count). The van der Waals surface area contributed by atoms with E-state index in [4.69, 9.17) is 9.94 Å². The Bertz CT molecular complexity index is 582. The molecular weight excluding hydrogens is 403 g/mol. The number of halogens is 1. The molecule has 10 nitrogen and oxygen atoms in total. The van der Waals surface area contributed by atoms with Gasteiger partial charge in [-0.2, -0.15) is 5.53 Å². The number of nitrogens with one attached hydrogen (secondary N) is 5. The molecule has 6 N–H and O–H groups in total. The zero-order valence-corrected chi connectivity index (χ0v) is 14.0. The lowest BCUT2D eigenvalue weighted by molar-refractivity contribution is -0.129. The fourth-order valence-corrected chi connectivity index (χ4v) is 1.99. The van der Waals surface area contributed by atoms with Gasteiger partial charge in [-0.1, -0.05) is 6.58 Å². The Morgan fingerprint density at radius 2 is 2.45 bits per heavy atom. The maximum atomic E-state index is 9.01. The highest BCUT2D eigenvalue weighted by atomic mass is 127. The van der Waals surface area contributed by atoms with Crippen LogP contribution in [-0.2, 0) is 0 Å². The Morgan fingerprint density at radius 1 is 1.64 bits per heavy atom. The van der Waals surface area contributed by atoms with Crippen LogP contribution in [-0.4, -0.2) is 32.0 Å². The number of ether oxygens (including phenoxy) is 1. The Morgan fingerprint density at radius 3 is 3.09 bits per heavy atom. The van der Waals surface area contributed by atoms with E-state index in [2.05, 4.69) is 39.0 Å². The van der Waals surface area contributed by atoms with Crippen molar-refractivity contribution in [1.82, 2.24) is 40.5 Å². The zero-order chi connectivity index (χ0) is 15.9. The van der Waals surface area contributed by atoms with Crippen LogP contribution in [0.2, 0.25) is 0 Å². The largest absolute Gasteiger partial charge is 0.472 e. The van der Waals surface area contributed by atoms with E-state index in [9.17, 15) is 0 Å². The van der Waals surface area contributed by atoms with Crippen molar-refractivity contribution in [3.8, 4) is 5.88 Å². The second-order valence-electron chi connectivity index (χ2n) is 4.14. The topological polar surface area (TPSA) is 111 Å². The SMILES string of the molecule is C=CC1=C(COc2ccn(I)n2)C(NNNN(C)O)=CNN1. The molecule has 0 saturated carbocycles. The lowest BCUT2D eigenvalue weighted by Crippen LogP contribution is -2.51. The molecule has 1 aromatic heterocycles. The predicted molar refractivity (Wildman–Crippen MR) is 87.7 cm³/mol. The number of hydrazine groups is 4. The molecule has 0 aromatic carbocycles. The third kappa shape index (κ3) is 4.60. The molecule has 0 amide bonds. The van der Waals surface area contributed by atoms with Crippen LogP contribution in [0.4, 0.5) is 0 Å². The van der Waals surface area contributed by atoms with Gasteiger partial charge in [0.1, 0.15) is 6.61 Å². The molecule has 0 saturated heterocycles. The number of hydroxylamine groups is 1. The van der Waals surface area contributed by atoms with E-state index in [1.54, 1.807) is 27.4 Å². The van der Waals surface area contributed by atoms with Gasteiger partial charge in [-0.05, 0) is 6.08 Å². The molecule has 0 unspecified atom stereocenters. The van der Waals surface area contributed by atoms with Crippen LogP contribution in [0.15, 0.2) is 48.1 Å². The molecule has 11 heteroatoms.